The van der Waals surface area contributed by atoms with Gasteiger partial charge in [0.25, 0.3) is 0 Å². The standard InChI is InChI=1S/C25H18F2N4O2S/c26-18-8-6-7-17(13-18)24-28-19(14-33-24)16-34-25-30-29-23(31(25)20-9-2-1-3-10-20)15-32-22-12-5-4-11-21(22)27/h1-14H,15-16H2. The Kier molecular flexibility index (Phi) is 6.35. The van der Waals surface area contributed by atoms with Crippen molar-refractivity contribution in [1.82, 2.24) is 19.7 Å². The number of halogens is 2. The van der Waals surface area contributed by atoms with Crippen molar-refractivity contribution in [2.75, 3.05) is 0 Å². The van der Waals surface area contributed by atoms with Gasteiger partial charge in [0.05, 0.1) is 5.69 Å². The van der Waals surface area contributed by atoms with Gasteiger partial charge >= 0.3 is 0 Å². The molecular weight excluding hydrogens is 458 g/mol. The van der Waals surface area contributed by atoms with Crippen LogP contribution in [0, 0.1) is 11.6 Å². The van der Waals surface area contributed by atoms with Gasteiger partial charge in [-0.05, 0) is 42.5 Å². The van der Waals surface area contributed by atoms with E-state index in [4.69, 9.17) is 9.15 Å². The highest BCUT2D eigenvalue weighted by molar-refractivity contribution is 7.98. The smallest absolute Gasteiger partial charge is 0.226 e. The first kappa shape index (κ1) is 21.8. The zero-order valence-electron chi connectivity index (χ0n) is 17.8. The minimum Gasteiger partial charge on any atom is -0.483 e. The minimum atomic E-state index is -0.442. The lowest BCUT2D eigenvalue weighted by Gasteiger charge is -2.11. The molecule has 0 atom stereocenters. The fourth-order valence-corrected chi connectivity index (χ4v) is 4.14. The van der Waals surface area contributed by atoms with Crippen LogP contribution in [-0.4, -0.2) is 19.7 Å². The predicted molar refractivity (Wildman–Crippen MR) is 124 cm³/mol. The molecule has 0 spiro atoms. The Morgan fingerprint density at radius 3 is 2.56 bits per heavy atom. The maximum atomic E-state index is 14.0. The number of oxazole rings is 1. The van der Waals surface area contributed by atoms with Gasteiger partial charge in [0.2, 0.25) is 5.89 Å². The Balaban J connectivity index is 1.36. The van der Waals surface area contributed by atoms with Crippen LogP contribution in [0.5, 0.6) is 5.75 Å². The van der Waals surface area contributed by atoms with Crippen molar-refractivity contribution in [2.24, 2.45) is 0 Å². The summed E-state index contributed by atoms with van der Waals surface area (Å²) in [6.07, 6.45) is 1.54. The van der Waals surface area contributed by atoms with Crippen molar-refractivity contribution in [3.63, 3.8) is 0 Å². The van der Waals surface area contributed by atoms with E-state index in [1.165, 1.54) is 30.0 Å². The Bertz CT molecular complexity index is 1410. The van der Waals surface area contributed by atoms with Gasteiger partial charge in [0, 0.05) is 17.0 Å². The van der Waals surface area contributed by atoms with Gasteiger partial charge in [-0.2, -0.15) is 0 Å². The van der Waals surface area contributed by atoms with Crippen molar-refractivity contribution in [3.8, 4) is 22.9 Å². The van der Waals surface area contributed by atoms with Gasteiger partial charge < -0.3 is 9.15 Å². The molecule has 0 bridgehead atoms. The average molecular weight is 477 g/mol. The number of thioether (sulfide) groups is 1. The number of benzene rings is 3. The van der Waals surface area contributed by atoms with Crippen LogP contribution in [0.4, 0.5) is 8.78 Å². The molecule has 0 aliphatic carbocycles. The molecule has 2 heterocycles. The fourth-order valence-electron chi connectivity index (χ4n) is 3.29. The van der Waals surface area contributed by atoms with Crippen LogP contribution >= 0.6 is 11.8 Å². The summed E-state index contributed by atoms with van der Waals surface area (Å²) in [7, 11) is 0. The summed E-state index contributed by atoms with van der Waals surface area (Å²) in [5, 5.41) is 9.20. The van der Waals surface area contributed by atoms with E-state index in [9.17, 15) is 8.78 Å². The highest BCUT2D eigenvalue weighted by atomic mass is 32.2. The largest absolute Gasteiger partial charge is 0.483 e. The van der Waals surface area contributed by atoms with Crippen LogP contribution in [0.2, 0.25) is 0 Å². The first-order valence-electron chi connectivity index (χ1n) is 10.4. The molecule has 0 N–H and O–H groups in total. The first-order chi connectivity index (χ1) is 16.7. The van der Waals surface area contributed by atoms with Gasteiger partial charge in [-0.15, -0.1) is 10.2 Å². The molecule has 6 nitrogen and oxygen atoms in total. The summed E-state index contributed by atoms with van der Waals surface area (Å²) >= 11 is 1.42. The van der Waals surface area contributed by atoms with Crippen LogP contribution < -0.4 is 4.74 Å². The number of para-hydroxylation sites is 2. The second-order valence-electron chi connectivity index (χ2n) is 7.23. The van der Waals surface area contributed by atoms with Crippen LogP contribution in [0.3, 0.4) is 0 Å². The third-order valence-electron chi connectivity index (χ3n) is 4.88. The van der Waals surface area contributed by atoms with Gasteiger partial charge in [-0.25, -0.2) is 13.8 Å². The summed E-state index contributed by atoms with van der Waals surface area (Å²) in [6.45, 7) is 0.0388. The molecule has 0 unspecified atom stereocenters. The van der Waals surface area contributed by atoms with Crippen molar-refractivity contribution in [2.45, 2.75) is 17.5 Å². The van der Waals surface area contributed by atoms with Crippen molar-refractivity contribution >= 4 is 11.8 Å². The van der Waals surface area contributed by atoms with Crippen LogP contribution in [0.1, 0.15) is 11.5 Å². The second kappa shape index (κ2) is 9.88. The van der Waals surface area contributed by atoms with Crippen molar-refractivity contribution < 1.29 is 17.9 Å². The molecule has 0 saturated heterocycles. The number of ether oxygens (including phenoxy) is 1. The number of hydrogen-bond acceptors (Lipinski definition) is 6. The van der Waals surface area contributed by atoms with E-state index >= 15 is 0 Å². The molecule has 0 aliphatic heterocycles. The van der Waals surface area contributed by atoms with Crippen LogP contribution in [-0.2, 0) is 12.4 Å². The molecule has 3 aromatic carbocycles. The highest BCUT2D eigenvalue weighted by Gasteiger charge is 2.17. The topological polar surface area (TPSA) is 66.0 Å². The molecule has 2 aromatic heterocycles. The molecular formula is C25H18F2N4O2S. The lowest BCUT2D eigenvalue weighted by atomic mass is 10.2. The zero-order chi connectivity index (χ0) is 23.3. The summed E-state index contributed by atoms with van der Waals surface area (Å²) < 4.78 is 40.5. The van der Waals surface area contributed by atoms with Crippen molar-refractivity contribution in [3.05, 3.63) is 108 Å². The summed E-state index contributed by atoms with van der Waals surface area (Å²) in [4.78, 5) is 4.45. The molecule has 170 valence electrons. The van der Waals surface area contributed by atoms with E-state index < -0.39 is 5.82 Å². The van der Waals surface area contributed by atoms with Gasteiger partial charge in [-0.1, -0.05) is 48.2 Å². The maximum absolute atomic E-state index is 14.0. The monoisotopic (exact) mass is 476 g/mol. The quantitative estimate of drug-likeness (QED) is 0.253. The SMILES string of the molecule is Fc1cccc(-c2nc(CSc3nnc(COc4ccccc4F)n3-c3ccccc3)co2)c1. The molecule has 0 saturated carbocycles. The third kappa shape index (κ3) is 4.84. The van der Waals surface area contributed by atoms with E-state index in [1.54, 1.807) is 36.6 Å². The minimum absolute atomic E-state index is 0.0388. The van der Waals surface area contributed by atoms with E-state index in [0.717, 1.165) is 5.69 Å². The van der Waals surface area contributed by atoms with Crippen molar-refractivity contribution in [1.29, 1.82) is 0 Å². The third-order valence-corrected chi connectivity index (χ3v) is 5.84. The molecule has 5 aromatic rings. The van der Waals surface area contributed by atoms with Crippen LogP contribution in [0.25, 0.3) is 17.1 Å². The van der Waals surface area contributed by atoms with E-state index in [1.807, 2.05) is 34.9 Å². The zero-order valence-corrected chi connectivity index (χ0v) is 18.6. The normalized spacial score (nSPS) is 11.0. The summed E-state index contributed by atoms with van der Waals surface area (Å²) in [6, 6.07) is 21.9. The highest BCUT2D eigenvalue weighted by Crippen LogP contribution is 2.27. The molecule has 5 rings (SSSR count). The predicted octanol–water partition coefficient (Wildman–Crippen LogP) is 6.07. The van der Waals surface area contributed by atoms with Gasteiger partial charge in [0.15, 0.2) is 22.5 Å². The maximum Gasteiger partial charge on any atom is 0.226 e. The number of nitrogens with zero attached hydrogens (tertiary/aromatic N) is 4. The Hall–Kier alpha value is -3.98. The molecule has 0 amide bonds. The Morgan fingerprint density at radius 2 is 1.74 bits per heavy atom. The van der Waals surface area contributed by atoms with E-state index in [0.29, 0.717) is 33.9 Å². The summed E-state index contributed by atoms with van der Waals surface area (Å²) in [5.74, 6) is 0.677. The first-order valence-corrected chi connectivity index (χ1v) is 11.4. The lowest BCUT2D eigenvalue weighted by Crippen LogP contribution is -2.07. The van der Waals surface area contributed by atoms with E-state index in [-0.39, 0.29) is 18.2 Å². The number of aromatic nitrogens is 4. The molecule has 0 aliphatic rings. The van der Waals surface area contributed by atoms with E-state index in [2.05, 4.69) is 15.2 Å². The summed E-state index contributed by atoms with van der Waals surface area (Å²) in [5.41, 5.74) is 2.09. The number of hydrogen-bond donors (Lipinski definition) is 0. The Labute approximate surface area is 198 Å². The molecule has 9 heteroatoms. The molecule has 34 heavy (non-hydrogen) atoms. The second-order valence-corrected chi connectivity index (χ2v) is 8.17. The van der Waals surface area contributed by atoms with Gasteiger partial charge in [-0.3, -0.25) is 4.57 Å². The lowest BCUT2D eigenvalue weighted by molar-refractivity contribution is 0.278. The molecule has 0 fully saturated rings. The Morgan fingerprint density at radius 1 is 0.912 bits per heavy atom. The van der Waals surface area contributed by atoms with Gasteiger partial charge in [0.1, 0.15) is 18.7 Å². The number of rotatable bonds is 8. The van der Waals surface area contributed by atoms with Crippen LogP contribution in [0.15, 0.2) is 94.7 Å². The average Bonchev–Trinajstić information content (AvgIpc) is 3.50. The molecule has 0 radical (unpaired) electrons. The fraction of sp³-hybridized carbons (Fsp3) is 0.0800.